The Morgan fingerprint density at radius 1 is 1.13 bits per heavy atom. The maximum absolute atomic E-state index is 3.60. The van der Waals surface area contributed by atoms with E-state index >= 15 is 0 Å². The van der Waals surface area contributed by atoms with Gasteiger partial charge in [-0.25, -0.2) is 0 Å². The van der Waals surface area contributed by atoms with Crippen LogP contribution in [0.3, 0.4) is 0 Å². The standard InChI is InChI=1S/C14H15N/c1-3-10(9-7-8-9)14-11-4-2-5-12(11)15-13(14)6-1/h1,3,6,9,15H,2,4-5,7-8H2. The second kappa shape index (κ2) is 2.66. The van der Waals surface area contributed by atoms with E-state index in [1.807, 2.05) is 0 Å². The molecule has 0 bridgehead atoms. The van der Waals surface area contributed by atoms with Gasteiger partial charge in [-0.05, 0) is 55.2 Å². The molecule has 0 radical (unpaired) electrons. The van der Waals surface area contributed by atoms with Gasteiger partial charge in [-0.3, -0.25) is 0 Å². The zero-order valence-electron chi connectivity index (χ0n) is 8.84. The van der Waals surface area contributed by atoms with Crippen molar-refractivity contribution in [2.75, 3.05) is 0 Å². The zero-order valence-corrected chi connectivity index (χ0v) is 8.84. The second-order valence-corrected chi connectivity index (χ2v) is 4.98. The highest BCUT2D eigenvalue weighted by atomic mass is 14.7. The summed E-state index contributed by atoms with van der Waals surface area (Å²) in [5, 5.41) is 1.58. The fourth-order valence-corrected chi connectivity index (χ4v) is 3.07. The zero-order chi connectivity index (χ0) is 9.83. The maximum atomic E-state index is 3.60. The third-order valence-electron chi connectivity index (χ3n) is 3.92. The molecule has 1 nitrogen and oxygen atoms in total. The predicted octanol–water partition coefficient (Wildman–Crippen LogP) is 3.53. The third-order valence-corrected chi connectivity index (χ3v) is 3.92. The van der Waals surface area contributed by atoms with Gasteiger partial charge in [0.05, 0.1) is 0 Å². The normalized spacial score (nSPS) is 19.7. The van der Waals surface area contributed by atoms with Gasteiger partial charge in [0.15, 0.2) is 0 Å². The highest BCUT2D eigenvalue weighted by molar-refractivity contribution is 5.89. The Labute approximate surface area is 89.5 Å². The smallest absolute Gasteiger partial charge is 0.0461 e. The van der Waals surface area contributed by atoms with E-state index in [1.54, 1.807) is 16.5 Å². The van der Waals surface area contributed by atoms with Crippen LogP contribution in [0.4, 0.5) is 0 Å². The first-order chi connectivity index (χ1) is 7.43. The van der Waals surface area contributed by atoms with E-state index < -0.39 is 0 Å². The lowest BCUT2D eigenvalue weighted by molar-refractivity contribution is 0.898. The number of rotatable bonds is 1. The molecule has 1 fully saturated rings. The number of fused-ring (bicyclic) bond motifs is 3. The van der Waals surface area contributed by atoms with Gasteiger partial charge in [0.2, 0.25) is 0 Å². The number of aryl methyl sites for hydroxylation is 2. The van der Waals surface area contributed by atoms with Crippen LogP contribution in [0.1, 0.15) is 42.0 Å². The lowest BCUT2D eigenvalue weighted by atomic mass is 10.0. The van der Waals surface area contributed by atoms with Gasteiger partial charge in [0.25, 0.3) is 0 Å². The highest BCUT2D eigenvalue weighted by Gasteiger charge is 2.28. The number of aromatic amines is 1. The molecule has 2 aromatic rings. The molecule has 1 saturated carbocycles. The van der Waals surface area contributed by atoms with Crippen LogP contribution < -0.4 is 0 Å². The molecule has 1 N–H and O–H groups in total. The molecule has 76 valence electrons. The average Bonchev–Trinajstić information content (AvgIpc) is 2.88. The minimum absolute atomic E-state index is 0.870. The van der Waals surface area contributed by atoms with E-state index in [0.717, 1.165) is 5.92 Å². The Kier molecular flexibility index (Phi) is 1.41. The van der Waals surface area contributed by atoms with E-state index in [0.29, 0.717) is 0 Å². The fraction of sp³-hybridized carbons (Fsp3) is 0.429. The van der Waals surface area contributed by atoms with Crippen LogP contribution in [-0.2, 0) is 12.8 Å². The Bertz CT molecular complexity index is 532. The number of hydrogen-bond donors (Lipinski definition) is 1. The van der Waals surface area contributed by atoms with Crippen molar-refractivity contribution in [3.63, 3.8) is 0 Å². The number of aromatic nitrogens is 1. The quantitative estimate of drug-likeness (QED) is 0.719. The predicted molar refractivity (Wildman–Crippen MR) is 62.3 cm³/mol. The van der Waals surface area contributed by atoms with Crippen LogP contribution in [0.25, 0.3) is 10.9 Å². The Morgan fingerprint density at radius 3 is 2.93 bits per heavy atom. The van der Waals surface area contributed by atoms with Crippen LogP contribution in [0.15, 0.2) is 18.2 Å². The molecular formula is C14H15N. The summed E-state index contributed by atoms with van der Waals surface area (Å²) >= 11 is 0. The van der Waals surface area contributed by atoms with Crippen molar-refractivity contribution in [1.29, 1.82) is 0 Å². The lowest BCUT2D eigenvalue weighted by Gasteiger charge is -2.02. The van der Waals surface area contributed by atoms with Crippen molar-refractivity contribution in [2.24, 2.45) is 0 Å². The summed E-state index contributed by atoms with van der Waals surface area (Å²) in [7, 11) is 0. The van der Waals surface area contributed by atoms with Gasteiger partial charge in [-0.1, -0.05) is 12.1 Å². The van der Waals surface area contributed by atoms with Gasteiger partial charge in [0.1, 0.15) is 0 Å². The van der Waals surface area contributed by atoms with E-state index in [1.165, 1.54) is 43.3 Å². The Hall–Kier alpha value is -1.24. The van der Waals surface area contributed by atoms with Crippen LogP contribution in [-0.4, -0.2) is 4.98 Å². The molecule has 0 unspecified atom stereocenters. The largest absolute Gasteiger partial charge is 0.358 e. The average molecular weight is 197 g/mol. The molecule has 1 heterocycles. The van der Waals surface area contributed by atoms with Gasteiger partial charge < -0.3 is 4.98 Å². The molecule has 2 aliphatic rings. The summed E-state index contributed by atoms with van der Waals surface area (Å²) in [6.45, 7) is 0. The first-order valence-corrected chi connectivity index (χ1v) is 6.06. The summed E-state index contributed by atoms with van der Waals surface area (Å²) in [5.41, 5.74) is 6.14. The van der Waals surface area contributed by atoms with Crippen LogP contribution >= 0.6 is 0 Å². The van der Waals surface area contributed by atoms with Gasteiger partial charge >= 0.3 is 0 Å². The molecule has 2 aliphatic carbocycles. The van der Waals surface area contributed by atoms with Crippen molar-refractivity contribution in [3.8, 4) is 0 Å². The van der Waals surface area contributed by atoms with E-state index in [2.05, 4.69) is 23.2 Å². The van der Waals surface area contributed by atoms with Crippen LogP contribution in [0.5, 0.6) is 0 Å². The lowest BCUT2D eigenvalue weighted by Crippen LogP contribution is -1.84. The monoisotopic (exact) mass is 197 g/mol. The number of hydrogen-bond acceptors (Lipinski definition) is 0. The second-order valence-electron chi connectivity index (χ2n) is 4.98. The fourth-order valence-electron chi connectivity index (χ4n) is 3.07. The molecule has 0 aliphatic heterocycles. The molecule has 0 spiro atoms. The highest BCUT2D eigenvalue weighted by Crippen LogP contribution is 2.45. The Balaban J connectivity index is 2.08. The molecular weight excluding hydrogens is 182 g/mol. The molecule has 15 heavy (non-hydrogen) atoms. The minimum atomic E-state index is 0.870. The molecule has 1 heteroatoms. The van der Waals surface area contributed by atoms with Crippen LogP contribution in [0, 0.1) is 0 Å². The molecule has 0 saturated heterocycles. The Morgan fingerprint density at radius 2 is 2.07 bits per heavy atom. The van der Waals surface area contributed by atoms with Crippen molar-refractivity contribution in [2.45, 2.75) is 38.0 Å². The van der Waals surface area contributed by atoms with Crippen molar-refractivity contribution >= 4 is 10.9 Å². The van der Waals surface area contributed by atoms with Crippen LogP contribution in [0.2, 0.25) is 0 Å². The van der Waals surface area contributed by atoms with E-state index in [4.69, 9.17) is 0 Å². The third kappa shape index (κ3) is 1.04. The number of H-pyrrole nitrogens is 1. The van der Waals surface area contributed by atoms with E-state index in [-0.39, 0.29) is 0 Å². The SMILES string of the molecule is c1cc(C2CC2)c2c3c([nH]c2c1)CCC3. The molecule has 0 atom stereocenters. The molecule has 1 aromatic carbocycles. The van der Waals surface area contributed by atoms with Crippen molar-refractivity contribution in [3.05, 3.63) is 35.0 Å². The number of benzene rings is 1. The van der Waals surface area contributed by atoms with Gasteiger partial charge in [-0.2, -0.15) is 0 Å². The summed E-state index contributed by atoms with van der Waals surface area (Å²) in [6.07, 6.45) is 6.70. The number of nitrogens with one attached hydrogen (secondary N) is 1. The van der Waals surface area contributed by atoms with Gasteiger partial charge in [-0.15, -0.1) is 0 Å². The summed E-state index contributed by atoms with van der Waals surface area (Å²) in [6, 6.07) is 6.79. The minimum Gasteiger partial charge on any atom is -0.358 e. The maximum Gasteiger partial charge on any atom is 0.0461 e. The molecule has 0 amide bonds. The van der Waals surface area contributed by atoms with Crippen molar-refractivity contribution in [1.82, 2.24) is 4.98 Å². The van der Waals surface area contributed by atoms with Gasteiger partial charge in [0, 0.05) is 16.6 Å². The van der Waals surface area contributed by atoms with E-state index in [9.17, 15) is 0 Å². The molecule has 4 rings (SSSR count). The van der Waals surface area contributed by atoms with Crippen molar-refractivity contribution < 1.29 is 0 Å². The summed E-state index contributed by atoms with van der Waals surface area (Å²) in [4.78, 5) is 3.60. The summed E-state index contributed by atoms with van der Waals surface area (Å²) < 4.78 is 0. The summed E-state index contributed by atoms with van der Waals surface area (Å²) in [5.74, 6) is 0.870. The first kappa shape index (κ1) is 7.98. The first-order valence-electron chi connectivity index (χ1n) is 6.06. The molecule has 1 aromatic heterocycles. The topological polar surface area (TPSA) is 15.8 Å².